The maximum Gasteiger partial charge on any atom is 0.258 e. The number of fused-ring (bicyclic) bond motifs is 2. The third kappa shape index (κ3) is 3.80. The van der Waals surface area contributed by atoms with Gasteiger partial charge in [0.2, 0.25) is 0 Å². The van der Waals surface area contributed by atoms with E-state index in [1.807, 2.05) is 31.2 Å². The Labute approximate surface area is 138 Å². The molecule has 0 radical (unpaired) electrons. The van der Waals surface area contributed by atoms with Gasteiger partial charge in [-0.1, -0.05) is 18.6 Å². The molecule has 23 heavy (non-hydrogen) atoms. The van der Waals surface area contributed by atoms with Crippen LogP contribution >= 0.6 is 0 Å². The van der Waals surface area contributed by atoms with Gasteiger partial charge in [-0.3, -0.25) is 4.79 Å². The maximum absolute atomic E-state index is 12.2. The molecule has 4 heteroatoms. The van der Waals surface area contributed by atoms with Crippen LogP contribution in [-0.2, 0) is 4.79 Å². The van der Waals surface area contributed by atoms with E-state index >= 15 is 0 Å². The number of carbonyl (C=O) groups is 1. The average molecular weight is 317 g/mol. The zero-order valence-corrected chi connectivity index (χ0v) is 14.1. The van der Waals surface area contributed by atoms with Crippen molar-refractivity contribution in [1.82, 2.24) is 5.32 Å². The highest BCUT2D eigenvalue weighted by Crippen LogP contribution is 2.49. The summed E-state index contributed by atoms with van der Waals surface area (Å²) in [5.41, 5.74) is 0. The Bertz CT molecular complexity index is 545. The van der Waals surface area contributed by atoms with Gasteiger partial charge in [0.1, 0.15) is 0 Å². The summed E-state index contributed by atoms with van der Waals surface area (Å²) in [5, 5.41) is 3.12. The Balaban J connectivity index is 1.48. The first-order valence-corrected chi connectivity index (χ1v) is 8.81. The standard InChI is InChI=1S/C19H27NO3/c1-3-22-17-6-4-5-7-18(17)23-12-19(21)20-13(2)16-11-14-8-9-15(16)10-14/h4-7,13-16H,3,8-12H2,1-2H3,(H,20,21)/t13-,14-,15-,16+/m1/s1. The number of hydrogen-bond acceptors (Lipinski definition) is 3. The highest BCUT2D eigenvalue weighted by Gasteiger charge is 2.42. The predicted molar refractivity (Wildman–Crippen MR) is 89.6 cm³/mol. The SMILES string of the molecule is CCOc1ccccc1OCC(=O)N[C@H](C)[C@@H]1C[C@@H]2CC[C@@H]1C2. The van der Waals surface area contributed by atoms with E-state index in [0.29, 0.717) is 24.0 Å². The lowest BCUT2D eigenvalue weighted by Crippen LogP contribution is -2.42. The fourth-order valence-corrected chi connectivity index (χ4v) is 4.30. The Hall–Kier alpha value is -1.71. The predicted octanol–water partition coefficient (Wildman–Crippen LogP) is 3.41. The number of benzene rings is 1. The molecule has 2 bridgehead atoms. The molecule has 1 aromatic carbocycles. The molecule has 2 saturated carbocycles. The smallest absolute Gasteiger partial charge is 0.258 e. The van der Waals surface area contributed by atoms with Crippen molar-refractivity contribution in [3.63, 3.8) is 0 Å². The summed E-state index contributed by atoms with van der Waals surface area (Å²) in [4.78, 5) is 12.2. The topological polar surface area (TPSA) is 47.6 Å². The van der Waals surface area contributed by atoms with E-state index in [4.69, 9.17) is 9.47 Å². The molecular formula is C19H27NO3. The van der Waals surface area contributed by atoms with Crippen molar-refractivity contribution in [2.45, 2.75) is 45.6 Å². The van der Waals surface area contributed by atoms with Crippen molar-refractivity contribution in [2.24, 2.45) is 17.8 Å². The van der Waals surface area contributed by atoms with E-state index in [-0.39, 0.29) is 18.6 Å². The molecule has 0 aromatic heterocycles. The first kappa shape index (κ1) is 16.2. The molecule has 2 aliphatic rings. The van der Waals surface area contributed by atoms with Crippen LogP contribution < -0.4 is 14.8 Å². The minimum Gasteiger partial charge on any atom is -0.490 e. The summed E-state index contributed by atoms with van der Waals surface area (Å²) >= 11 is 0. The van der Waals surface area contributed by atoms with Crippen LogP contribution in [0.3, 0.4) is 0 Å². The van der Waals surface area contributed by atoms with E-state index in [2.05, 4.69) is 12.2 Å². The number of amides is 1. The second-order valence-corrected chi connectivity index (χ2v) is 6.86. The van der Waals surface area contributed by atoms with Gasteiger partial charge in [-0.05, 0) is 63.0 Å². The van der Waals surface area contributed by atoms with Gasteiger partial charge in [0, 0.05) is 6.04 Å². The average Bonchev–Trinajstić information content (AvgIpc) is 3.17. The molecule has 3 rings (SSSR count). The fourth-order valence-electron chi connectivity index (χ4n) is 4.30. The monoisotopic (exact) mass is 317 g/mol. The van der Waals surface area contributed by atoms with Gasteiger partial charge in [-0.15, -0.1) is 0 Å². The van der Waals surface area contributed by atoms with E-state index in [1.54, 1.807) is 0 Å². The van der Waals surface area contributed by atoms with Gasteiger partial charge in [0.25, 0.3) is 5.91 Å². The van der Waals surface area contributed by atoms with Crippen molar-refractivity contribution in [3.05, 3.63) is 24.3 Å². The molecule has 0 saturated heterocycles. The highest BCUT2D eigenvalue weighted by atomic mass is 16.5. The summed E-state index contributed by atoms with van der Waals surface area (Å²) in [6.07, 6.45) is 5.37. The Morgan fingerprint density at radius 2 is 1.96 bits per heavy atom. The Morgan fingerprint density at radius 1 is 1.22 bits per heavy atom. The Morgan fingerprint density at radius 3 is 2.57 bits per heavy atom. The van der Waals surface area contributed by atoms with Crippen molar-refractivity contribution in [3.8, 4) is 11.5 Å². The second-order valence-electron chi connectivity index (χ2n) is 6.86. The number of para-hydroxylation sites is 2. The first-order valence-electron chi connectivity index (χ1n) is 8.81. The molecule has 126 valence electrons. The minimum atomic E-state index is -0.0495. The third-order valence-electron chi connectivity index (χ3n) is 5.33. The maximum atomic E-state index is 12.2. The zero-order valence-electron chi connectivity index (χ0n) is 14.1. The van der Waals surface area contributed by atoms with E-state index in [1.165, 1.54) is 25.7 Å². The minimum absolute atomic E-state index is 0.0369. The molecule has 2 aliphatic carbocycles. The van der Waals surface area contributed by atoms with Gasteiger partial charge < -0.3 is 14.8 Å². The van der Waals surface area contributed by atoms with Crippen molar-refractivity contribution < 1.29 is 14.3 Å². The lowest BCUT2D eigenvalue weighted by molar-refractivity contribution is -0.124. The van der Waals surface area contributed by atoms with Gasteiger partial charge in [-0.2, -0.15) is 0 Å². The van der Waals surface area contributed by atoms with Crippen LogP contribution in [0.4, 0.5) is 0 Å². The molecule has 0 heterocycles. The summed E-state index contributed by atoms with van der Waals surface area (Å²) in [6, 6.07) is 7.71. The van der Waals surface area contributed by atoms with E-state index < -0.39 is 0 Å². The molecule has 4 atom stereocenters. The lowest BCUT2D eigenvalue weighted by Gasteiger charge is -2.28. The van der Waals surface area contributed by atoms with Crippen LogP contribution in [-0.4, -0.2) is 25.2 Å². The highest BCUT2D eigenvalue weighted by molar-refractivity contribution is 5.77. The van der Waals surface area contributed by atoms with Crippen molar-refractivity contribution >= 4 is 5.91 Å². The Kier molecular flexibility index (Phi) is 5.09. The third-order valence-corrected chi connectivity index (χ3v) is 5.33. The fraction of sp³-hybridized carbons (Fsp3) is 0.632. The molecule has 0 aliphatic heterocycles. The molecule has 4 nitrogen and oxygen atoms in total. The number of nitrogens with one attached hydrogen (secondary N) is 1. The molecule has 1 aromatic rings. The molecule has 1 N–H and O–H groups in total. The molecular weight excluding hydrogens is 290 g/mol. The van der Waals surface area contributed by atoms with Gasteiger partial charge in [-0.25, -0.2) is 0 Å². The normalized spacial score (nSPS) is 26.8. The van der Waals surface area contributed by atoms with Gasteiger partial charge in [0.15, 0.2) is 18.1 Å². The number of hydrogen-bond donors (Lipinski definition) is 1. The number of ether oxygens (including phenoxy) is 2. The van der Waals surface area contributed by atoms with Crippen LogP contribution in [0.15, 0.2) is 24.3 Å². The zero-order chi connectivity index (χ0) is 16.2. The van der Waals surface area contributed by atoms with Crippen LogP contribution in [0.1, 0.15) is 39.5 Å². The number of carbonyl (C=O) groups excluding carboxylic acids is 1. The summed E-state index contributed by atoms with van der Waals surface area (Å²) in [7, 11) is 0. The largest absolute Gasteiger partial charge is 0.490 e. The van der Waals surface area contributed by atoms with Crippen LogP contribution in [0.2, 0.25) is 0 Å². The molecule has 0 unspecified atom stereocenters. The van der Waals surface area contributed by atoms with E-state index in [0.717, 1.165) is 11.8 Å². The molecule has 2 fully saturated rings. The molecule has 0 spiro atoms. The van der Waals surface area contributed by atoms with Gasteiger partial charge in [0.05, 0.1) is 6.61 Å². The van der Waals surface area contributed by atoms with Crippen molar-refractivity contribution in [1.29, 1.82) is 0 Å². The second kappa shape index (κ2) is 7.24. The summed E-state index contributed by atoms with van der Waals surface area (Å²) < 4.78 is 11.1. The van der Waals surface area contributed by atoms with Crippen LogP contribution in [0.25, 0.3) is 0 Å². The summed E-state index contributed by atoms with van der Waals surface area (Å²) in [6.45, 7) is 4.68. The lowest BCUT2D eigenvalue weighted by atomic mass is 9.84. The van der Waals surface area contributed by atoms with Crippen LogP contribution in [0.5, 0.6) is 11.5 Å². The summed E-state index contributed by atoms with van der Waals surface area (Å²) in [5.74, 6) is 3.62. The van der Waals surface area contributed by atoms with Crippen molar-refractivity contribution in [2.75, 3.05) is 13.2 Å². The van der Waals surface area contributed by atoms with E-state index in [9.17, 15) is 4.79 Å². The molecule has 1 amide bonds. The first-order chi connectivity index (χ1) is 11.2. The van der Waals surface area contributed by atoms with Gasteiger partial charge >= 0.3 is 0 Å². The van der Waals surface area contributed by atoms with Crippen LogP contribution in [0, 0.1) is 17.8 Å². The quantitative estimate of drug-likeness (QED) is 0.838. The number of rotatable bonds is 7.